The first kappa shape index (κ1) is 28.3. The Bertz CT molecular complexity index is 1060. The molecule has 0 saturated heterocycles. The van der Waals surface area contributed by atoms with Gasteiger partial charge in [-0.2, -0.15) is 10.5 Å². The van der Waals surface area contributed by atoms with E-state index in [2.05, 4.69) is 0 Å². The number of benzene rings is 1. The lowest BCUT2D eigenvalue weighted by Gasteiger charge is -2.32. The number of phosphoric acid groups is 1. The zero-order valence-electron chi connectivity index (χ0n) is 18.9. The Balaban J connectivity index is 2.18. The number of rotatable bonds is 14. The second kappa shape index (κ2) is 13.8. The summed E-state index contributed by atoms with van der Waals surface area (Å²) in [5.41, 5.74) is 5.70. The smallest absolute Gasteiger partial charge is 0.404 e. The highest BCUT2D eigenvalue weighted by Gasteiger charge is 2.30. The van der Waals surface area contributed by atoms with Gasteiger partial charge >= 0.3 is 7.82 Å². The normalized spacial score (nSPS) is 13.9. The van der Waals surface area contributed by atoms with E-state index >= 15 is 0 Å². The molecule has 1 fully saturated rings. The number of hydrogen-bond acceptors (Lipinski definition) is 9. The van der Waals surface area contributed by atoms with Gasteiger partial charge in [-0.05, 0) is 24.8 Å². The van der Waals surface area contributed by atoms with Crippen molar-refractivity contribution < 1.29 is 27.3 Å². The standard InChI is InChI=1S/C22H26ClFN5O5P/c23-21(28)13-20(27)22(30)29(14-16-4-1-5-16)15-17-6-7-18(12-19(17)24)34-35(31,32-10-2-8-25)33-11-3-9-26/h6-7,12-13,16,28H,1-5,10-11,14-15,27H2/b20-13-,28-21?. The van der Waals surface area contributed by atoms with Crippen LogP contribution in [0.25, 0.3) is 0 Å². The Kier molecular flexibility index (Phi) is 11.2. The van der Waals surface area contributed by atoms with Crippen LogP contribution in [0.5, 0.6) is 5.75 Å². The van der Waals surface area contributed by atoms with Gasteiger partial charge in [0.25, 0.3) is 5.91 Å². The maximum absolute atomic E-state index is 14.9. The number of nitrogens with zero attached hydrogens (tertiary/aromatic N) is 3. The van der Waals surface area contributed by atoms with Crippen molar-refractivity contribution in [1.82, 2.24) is 4.90 Å². The first-order valence-electron chi connectivity index (χ1n) is 10.8. The van der Waals surface area contributed by atoms with Crippen molar-refractivity contribution in [1.29, 1.82) is 15.9 Å². The highest BCUT2D eigenvalue weighted by Crippen LogP contribution is 2.49. The van der Waals surface area contributed by atoms with E-state index in [-0.39, 0.29) is 55.5 Å². The number of halogens is 2. The molecule has 3 N–H and O–H groups in total. The molecule has 1 aromatic carbocycles. The molecule has 188 valence electrons. The summed E-state index contributed by atoms with van der Waals surface area (Å²) in [4.78, 5) is 14.2. The molecule has 1 aliphatic rings. The van der Waals surface area contributed by atoms with Crippen molar-refractivity contribution in [2.75, 3.05) is 19.8 Å². The summed E-state index contributed by atoms with van der Waals surface area (Å²) in [6.07, 6.45) is 3.82. The Hall–Kier alpha value is -2.95. The van der Waals surface area contributed by atoms with Gasteiger partial charge in [0, 0.05) is 30.8 Å². The lowest BCUT2D eigenvalue weighted by molar-refractivity contribution is -0.128. The molecule has 1 saturated carbocycles. The molecule has 35 heavy (non-hydrogen) atoms. The number of nitrogens with two attached hydrogens (primary N) is 1. The Morgan fingerprint density at radius 1 is 1.29 bits per heavy atom. The number of nitrogens with one attached hydrogen (secondary N) is 1. The van der Waals surface area contributed by atoms with Crippen LogP contribution in [-0.2, 0) is 25.0 Å². The second-order valence-corrected chi connectivity index (χ2v) is 9.71. The van der Waals surface area contributed by atoms with Crippen molar-refractivity contribution >= 4 is 30.5 Å². The molecule has 0 radical (unpaired) electrons. The van der Waals surface area contributed by atoms with Crippen LogP contribution in [0, 0.1) is 39.8 Å². The quantitative estimate of drug-likeness (QED) is 0.156. The first-order valence-corrected chi connectivity index (χ1v) is 12.6. The summed E-state index contributed by atoms with van der Waals surface area (Å²) >= 11 is 5.51. The minimum Gasteiger partial charge on any atom is -0.404 e. The zero-order chi connectivity index (χ0) is 25.8. The summed E-state index contributed by atoms with van der Waals surface area (Å²) in [6.45, 7) is -0.211. The lowest BCUT2D eigenvalue weighted by Crippen LogP contribution is -2.39. The maximum Gasteiger partial charge on any atom is 0.530 e. The molecule has 1 aliphatic carbocycles. The van der Waals surface area contributed by atoms with Crippen molar-refractivity contribution in [3.8, 4) is 17.9 Å². The van der Waals surface area contributed by atoms with Gasteiger partial charge in [-0.1, -0.05) is 24.1 Å². The van der Waals surface area contributed by atoms with E-state index in [0.717, 1.165) is 31.4 Å². The van der Waals surface area contributed by atoms with Crippen LogP contribution in [-0.4, -0.2) is 35.7 Å². The van der Waals surface area contributed by atoms with Crippen LogP contribution in [0.3, 0.4) is 0 Å². The molecule has 0 aliphatic heterocycles. The fourth-order valence-electron chi connectivity index (χ4n) is 3.13. The van der Waals surface area contributed by atoms with Crippen molar-refractivity contribution in [2.24, 2.45) is 11.7 Å². The molecule has 0 spiro atoms. The Morgan fingerprint density at radius 3 is 2.40 bits per heavy atom. The summed E-state index contributed by atoms with van der Waals surface area (Å²) in [5.74, 6) is -1.18. The number of carbonyl (C=O) groups is 1. The van der Waals surface area contributed by atoms with Crippen LogP contribution < -0.4 is 10.3 Å². The van der Waals surface area contributed by atoms with Gasteiger partial charge in [0.05, 0.1) is 38.2 Å². The van der Waals surface area contributed by atoms with E-state index in [9.17, 15) is 13.8 Å². The summed E-state index contributed by atoms with van der Waals surface area (Å²) in [6, 6.07) is 7.32. The van der Waals surface area contributed by atoms with Crippen molar-refractivity contribution in [3.05, 3.63) is 41.4 Å². The maximum atomic E-state index is 14.9. The predicted molar refractivity (Wildman–Crippen MR) is 126 cm³/mol. The minimum atomic E-state index is -4.21. The van der Waals surface area contributed by atoms with Gasteiger partial charge in [-0.25, -0.2) is 8.96 Å². The SMILES string of the molecule is N#CCCOP(=O)(OCCC#N)Oc1ccc(CN(CC2CCC2)C(=O)/C(N)=C/C(=N)Cl)c(F)c1. The molecule has 2 rings (SSSR count). The molecule has 1 amide bonds. The zero-order valence-corrected chi connectivity index (χ0v) is 20.6. The summed E-state index contributed by atoms with van der Waals surface area (Å²) in [7, 11) is -4.21. The number of nitriles is 2. The van der Waals surface area contributed by atoms with E-state index in [1.165, 1.54) is 17.0 Å². The lowest BCUT2D eigenvalue weighted by atomic mass is 9.85. The number of carbonyl (C=O) groups excluding carboxylic acids is 1. The van der Waals surface area contributed by atoms with Crippen LogP contribution in [0.15, 0.2) is 30.0 Å². The number of hydrogen-bond donors (Lipinski definition) is 2. The Morgan fingerprint density at radius 2 is 1.91 bits per heavy atom. The molecular formula is C22H26ClFN5O5P. The monoisotopic (exact) mass is 525 g/mol. The van der Waals surface area contributed by atoms with Crippen LogP contribution >= 0.6 is 19.4 Å². The highest BCUT2D eigenvalue weighted by molar-refractivity contribution is 7.48. The largest absolute Gasteiger partial charge is 0.530 e. The third-order valence-electron chi connectivity index (χ3n) is 5.05. The predicted octanol–water partition coefficient (Wildman–Crippen LogP) is 4.36. The van der Waals surface area contributed by atoms with E-state index < -0.39 is 24.7 Å². The summed E-state index contributed by atoms with van der Waals surface area (Å²) in [5, 5.41) is 24.2. The van der Waals surface area contributed by atoms with Gasteiger partial charge in [0.1, 0.15) is 22.4 Å². The topological polar surface area (TPSA) is 163 Å². The number of allylic oxidation sites excluding steroid dienone is 1. The molecule has 0 aromatic heterocycles. The van der Waals surface area contributed by atoms with E-state index in [4.69, 9.17) is 46.8 Å². The average Bonchev–Trinajstić information content (AvgIpc) is 2.76. The number of amides is 1. The fraction of sp³-hybridized carbons (Fsp3) is 0.455. The molecule has 0 unspecified atom stereocenters. The fourth-order valence-corrected chi connectivity index (χ4v) is 4.43. The van der Waals surface area contributed by atoms with Gasteiger partial charge < -0.3 is 15.2 Å². The third kappa shape index (κ3) is 9.31. The van der Waals surface area contributed by atoms with Crippen LogP contribution in [0.1, 0.15) is 37.7 Å². The minimum absolute atomic E-state index is 0.0755. The molecule has 10 nitrogen and oxygen atoms in total. The van der Waals surface area contributed by atoms with Gasteiger partial charge in [0.15, 0.2) is 0 Å². The molecule has 1 aromatic rings. The first-order chi connectivity index (χ1) is 16.7. The van der Waals surface area contributed by atoms with Gasteiger partial charge in [0.2, 0.25) is 0 Å². The number of phosphoric ester groups is 1. The molecule has 0 heterocycles. The van der Waals surface area contributed by atoms with E-state index in [1.807, 2.05) is 12.1 Å². The highest BCUT2D eigenvalue weighted by atomic mass is 35.5. The second-order valence-electron chi connectivity index (χ2n) is 7.70. The molecule has 0 atom stereocenters. The summed E-state index contributed by atoms with van der Waals surface area (Å²) < 4.78 is 43.1. The molecule has 0 bridgehead atoms. The van der Waals surface area contributed by atoms with E-state index in [0.29, 0.717) is 6.54 Å². The van der Waals surface area contributed by atoms with Gasteiger partial charge in [-0.15, -0.1) is 0 Å². The van der Waals surface area contributed by atoms with Gasteiger partial charge in [-0.3, -0.25) is 19.3 Å². The third-order valence-corrected chi connectivity index (χ3v) is 6.59. The molecular weight excluding hydrogens is 500 g/mol. The average molecular weight is 526 g/mol. The molecule has 13 heteroatoms. The van der Waals surface area contributed by atoms with Crippen LogP contribution in [0.2, 0.25) is 0 Å². The Labute approximate surface area is 208 Å². The van der Waals surface area contributed by atoms with Crippen molar-refractivity contribution in [2.45, 2.75) is 38.6 Å². The van der Waals surface area contributed by atoms with Crippen LogP contribution in [0.4, 0.5) is 4.39 Å². The van der Waals surface area contributed by atoms with E-state index in [1.54, 1.807) is 0 Å². The van der Waals surface area contributed by atoms with Crippen molar-refractivity contribution in [3.63, 3.8) is 0 Å².